The highest BCUT2D eigenvalue weighted by Crippen LogP contribution is 2.15. The molecule has 1 N–H and O–H groups in total. The summed E-state index contributed by atoms with van der Waals surface area (Å²) in [6.45, 7) is 0. The zero-order valence-electron chi connectivity index (χ0n) is 5.10. The van der Waals surface area contributed by atoms with Crippen LogP contribution >= 0.6 is 11.6 Å². The van der Waals surface area contributed by atoms with Gasteiger partial charge in [0.15, 0.2) is 5.15 Å². The Kier molecular flexibility index (Phi) is 2.08. The summed E-state index contributed by atoms with van der Waals surface area (Å²) in [5, 5.41) is 6.18. The standard InChI is InChI=1S/C4H3ClN2O3S/c5-4-3(11(8,9)10)1-2-6-7-4/h1-2H,(H,8,9,10). The smallest absolute Gasteiger partial charge is 0.282 e. The molecule has 0 radical (unpaired) electrons. The summed E-state index contributed by atoms with van der Waals surface area (Å²) >= 11 is 5.30. The number of hydrogen-bond acceptors (Lipinski definition) is 4. The molecule has 0 amide bonds. The lowest BCUT2D eigenvalue weighted by Gasteiger charge is -1.95. The van der Waals surface area contributed by atoms with Gasteiger partial charge in [0.1, 0.15) is 4.90 Å². The van der Waals surface area contributed by atoms with Gasteiger partial charge < -0.3 is 0 Å². The van der Waals surface area contributed by atoms with Crippen LogP contribution in [0, 0.1) is 0 Å². The Labute approximate surface area is 67.8 Å². The van der Waals surface area contributed by atoms with E-state index < -0.39 is 15.0 Å². The lowest BCUT2D eigenvalue weighted by molar-refractivity contribution is 0.482. The summed E-state index contributed by atoms with van der Waals surface area (Å²) in [6.07, 6.45) is 1.12. The third-order valence-corrected chi connectivity index (χ3v) is 2.20. The highest BCUT2D eigenvalue weighted by molar-refractivity contribution is 7.86. The van der Waals surface area contributed by atoms with Gasteiger partial charge in [-0.1, -0.05) is 11.6 Å². The van der Waals surface area contributed by atoms with Crippen molar-refractivity contribution in [2.75, 3.05) is 0 Å². The van der Waals surface area contributed by atoms with Crippen LogP contribution in [0.5, 0.6) is 0 Å². The molecule has 0 unspecified atom stereocenters. The number of rotatable bonds is 1. The van der Waals surface area contributed by atoms with E-state index in [1.807, 2.05) is 0 Å². The molecule has 1 heterocycles. The first-order valence-electron chi connectivity index (χ1n) is 2.46. The lowest BCUT2D eigenvalue weighted by Crippen LogP contribution is -2.00. The van der Waals surface area contributed by atoms with Gasteiger partial charge in [-0.15, -0.1) is 5.10 Å². The van der Waals surface area contributed by atoms with E-state index in [0.717, 1.165) is 12.3 Å². The molecule has 0 fully saturated rings. The quantitative estimate of drug-likeness (QED) is 0.654. The zero-order valence-corrected chi connectivity index (χ0v) is 6.67. The molecule has 0 bridgehead atoms. The Morgan fingerprint density at radius 1 is 1.55 bits per heavy atom. The molecule has 0 spiro atoms. The van der Waals surface area contributed by atoms with E-state index in [0.29, 0.717) is 0 Å². The molecule has 11 heavy (non-hydrogen) atoms. The second kappa shape index (κ2) is 2.72. The fourth-order valence-electron chi connectivity index (χ4n) is 0.496. The Morgan fingerprint density at radius 3 is 2.55 bits per heavy atom. The minimum Gasteiger partial charge on any atom is -0.282 e. The normalized spacial score (nSPS) is 11.5. The van der Waals surface area contributed by atoms with Gasteiger partial charge in [0.25, 0.3) is 10.1 Å². The predicted octanol–water partition coefficient (Wildman–Crippen LogP) is 0.377. The van der Waals surface area contributed by atoms with Crippen LogP contribution in [0.15, 0.2) is 17.2 Å². The van der Waals surface area contributed by atoms with Gasteiger partial charge in [0, 0.05) is 0 Å². The van der Waals surface area contributed by atoms with E-state index >= 15 is 0 Å². The second-order valence-electron chi connectivity index (χ2n) is 1.66. The number of halogens is 1. The van der Waals surface area contributed by atoms with Gasteiger partial charge in [-0.3, -0.25) is 4.55 Å². The van der Waals surface area contributed by atoms with Gasteiger partial charge in [-0.25, -0.2) is 0 Å². The van der Waals surface area contributed by atoms with Gasteiger partial charge in [-0.2, -0.15) is 13.5 Å². The highest BCUT2D eigenvalue weighted by Gasteiger charge is 2.14. The van der Waals surface area contributed by atoms with Crippen LogP contribution in [0.2, 0.25) is 5.15 Å². The molecule has 0 saturated carbocycles. The molecule has 7 heteroatoms. The first kappa shape index (κ1) is 8.38. The maximum atomic E-state index is 10.5. The summed E-state index contributed by atoms with van der Waals surface area (Å²) in [4.78, 5) is -0.436. The molecule has 1 rings (SSSR count). The maximum Gasteiger partial charge on any atom is 0.297 e. The van der Waals surface area contributed by atoms with Crippen LogP contribution in [0.4, 0.5) is 0 Å². The molecule has 0 atom stereocenters. The Hall–Kier alpha value is -0.720. The lowest BCUT2D eigenvalue weighted by atomic mass is 10.6. The number of hydrogen-bond donors (Lipinski definition) is 1. The van der Waals surface area contributed by atoms with Crippen molar-refractivity contribution in [1.29, 1.82) is 0 Å². The van der Waals surface area contributed by atoms with Crippen LogP contribution in [0.25, 0.3) is 0 Å². The zero-order chi connectivity index (χ0) is 8.48. The van der Waals surface area contributed by atoms with Crippen molar-refractivity contribution >= 4 is 21.7 Å². The van der Waals surface area contributed by atoms with Crippen molar-refractivity contribution in [3.8, 4) is 0 Å². The third-order valence-electron chi connectivity index (χ3n) is 0.919. The first-order valence-corrected chi connectivity index (χ1v) is 4.28. The van der Waals surface area contributed by atoms with Crippen molar-refractivity contribution in [2.24, 2.45) is 0 Å². The van der Waals surface area contributed by atoms with E-state index in [-0.39, 0.29) is 5.15 Å². The summed E-state index contributed by atoms with van der Waals surface area (Å²) in [7, 11) is -4.27. The number of nitrogens with zero attached hydrogens (tertiary/aromatic N) is 2. The molecule has 0 saturated heterocycles. The monoisotopic (exact) mass is 194 g/mol. The number of aromatic nitrogens is 2. The molecule has 0 aliphatic heterocycles. The van der Waals surface area contributed by atoms with E-state index in [1.165, 1.54) is 0 Å². The largest absolute Gasteiger partial charge is 0.297 e. The topological polar surface area (TPSA) is 80.2 Å². The van der Waals surface area contributed by atoms with Crippen LogP contribution in [0.3, 0.4) is 0 Å². The van der Waals surface area contributed by atoms with E-state index in [1.54, 1.807) is 0 Å². The van der Waals surface area contributed by atoms with Gasteiger partial charge in [-0.05, 0) is 6.07 Å². The molecule has 0 aliphatic carbocycles. The van der Waals surface area contributed by atoms with Gasteiger partial charge in [0.05, 0.1) is 6.20 Å². The van der Waals surface area contributed by atoms with E-state index in [4.69, 9.17) is 16.2 Å². The highest BCUT2D eigenvalue weighted by atomic mass is 35.5. The molecule has 0 aliphatic rings. The summed E-state index contributed by atoms with van der Waals surface area (Å²) < 4.78 is 29.4. The summed E-state index contributed by atoms with van der Waals surface area (Å²) in [5.74, 6) is 0. The molecule has 1 aromatic rings. The van der Waals surface area contributed by atoms with Crippen molar-refractivity contribution in [2.45, 2.75) is 4.90 Å². The van der Waals surface area contributed by atoms with Crippen LogP contribution in [0.1, 0.15) is 0 Å². The fraction of sp³-hybridized carbons (Fsp3) is 0. The van der Waals surface area contributed by atoms with Crippen LogP contribution in [-0.4, -0.2) is 23.2 Å². The molecule has 0 aromatic carbocycles. The fourth-order valence-corrected chi connectivity index (χ4v) is 1.38. The van der Waals surface area contributed by atoms with E-state index in [2.05, 4.69) is 10.2 Å². The van der Waals surface area contributed by atoms with Gasteiger partial charge in [0.2, 0.25) is 0 Å². The van der Waals surface area contributed by atoms with E-state index in [9.17, 15) is 8.42 Å². The molecule has 1 aromatic heterocycles. The molecular weight excluding hydrogens is 192 g/mol. The predicted molar refractivity (Wildman–Crippen MR) is 36.9 cm³/mol. The molecule has 60 valence electrons. The average Bonchev–Trinajstić information content (AvgIpc) is 1.86. The third kappa shape index (κ3) is 1.86. The van der Waals surface area contributed by atoms with Crippen molar-refractivity contribution in [3.05, 3.63) is 17.4 Å². The van der Waals surface area contributed by atoms with Gasteiger partial charge >= 0.3 is 0 Å². The van der Waals surface area contributed by atoms with Crippen molar-refractivity contribution in [3.63, 3.8) is 0 Å². The minimum atomic E-state index is -4.27. The van der Waals surface area contributed by atoms with Crippen molar-refractivity contribution < 1.29 is 13.0 Å². The van der Waals surface area contributed by atoms with Crippen molar-refractivity contribution in [1.82, 2.24) is 10.2 Å². The van der Waals surface area contributed by atoms with Crippen LogP contribution < -0.4 is 0 Å². The Morgan fingerprint density at radius 2 is 2.18 bits per heavy atom. The molecular formula is C4H3ClN2O3S. The summed E-state index contributed by atoms with van der Waals surface area (Å²) in [5.41, 5.74) is 0. The molecule has 5 nitrogen and oxygen atoms in total. The second-order valence-corrected chi connectivity index (χ2v) is 3.41. The SMILES string of the molecule is O=S(=O)(O)c1ccnnc1Cl. The minimum absolute atomic E-state index is 0.338. The first-order chi connectivity index (χ1) is 5.02. The summed E-state index contributed by atoms with van der Waals surface area (Å²) in [6, 6.07) is 1.06. The average molecular weight is 195 g/mol. The van der Waals surface area contributed by atoms with Crippen LogP contribution in [-0.2, 0) is 10.1 Å². The Bertz CT molecular complexity index is 363. The maximum absolute atomic E-state index is 10.5. The Balaban J connectivity index is 3.37.